The van der Waals surface area contributed by atoms with Crippen molar-refractivity contribution in [2.24, 2.45) is 5.10 Å². The molecule has 1 aromatic heterocycles. The highest BCUT2D eigenvalue weighted by molar-refractivity contribution is 7.99. The monoisotopic (exact) mass is 496 g/mol. The normalized spacial score (nSPS) is 13.0. The number of ether oxygens (including phenoxy) is 4. The first-order valence-electron chi connectivity index (χ1n) is 10.6. The van der Waals surface area contributed by atoms with Gasteiger partial charge < -0.3 is 24.1 Å². The van der Waals surface area contributed by atoms with E-state index >= 15 is 0 Å². The van der Waals surface area contributed by atoms with Crippen LogP contribution in [0.25, 0.3) is 17.5 Å². The molecule has 0 spiro atoms. The average molecular weight is 497 g/mol. The van der Waals surface area contributed by atoms with Crippen LogP contribution < -0.4 is 14.2 Å². The summed E-state index contributed by atoms with van der Waals surface area (Å²) in [6, 6.07) is 10.6. The Kier molecular flexibility index (Phi) is 7.25. The van der Waals surface area contributed by atoms with Crippen molar-refractivity contribution in [2.45, 2.75) is 12.1 Å². The van der Waals surface area contributed by atoms with E-state index in [1.165, 1.54) is 26.0 Å². The third-order valence-corrected chi connectivity index (χ3v) is 6.07. The third kappa shape index (κ3) is 4.94. The molecule has 2 aromatic carbocycles. The van der Waals surface area contributed by atoms with Crippen LogP contribution in [0, 0.1) is 0 Å². The summed E-state index contributed by atoms with van der Waals surface area (Å²) >= 11 is 1.41. The van der Waals surface area contributed by atoms with Crippen LogP contribution in [0.15, 0.2) is 52.2 Å². The minimum atomic E-state index is -0.527. The predicted octanol–water partition coefficient (Wildman–Crippen LogP) is 3.63. The van der Waals surface area contributed by atoms with E-state index in [4.69, 9.17) is 24.0 Å². The standard InChI is InChI=1S/C24H24N4O6S/c1-5-34-23(30)17(10-14-11-19(32-3)21(29)20(12-14)33-4)18-13-35-24-26-25-22(28(24)27-18)15-6-8-16(31-2)9-7-15/h6-12,29H,5,13H2,1-4H3/b17-10-. The lowest BCUT2D eigenvalue weighted by molar-refractivity contribution is -0.137. The Morgan fingerprint density at radius 2 is 1.77 bits per heavy atom. The minimum Gasteiger partial charge on any atom is -0.502 e. The maximum absolute atomic E-state index is 13.0. The molecule has 35 heavy (non-hydrogen) atoms. The number of thioether (sulfide) groups is 1. The van der Waals surface area contributed by atoms with Gasteiger partial charge in [0.25, 0.3) is 0 Å². The Balaban J connectivity index is 1.80. The molecule has 0 atom stereocenters. The molecule has 182 valence electrons. The van der Waals surface area contributed by atoms with E-state index in [-0.39, 0.29) is 29.4 Å². The summed E-state index contributed by atoms with van der Waals surface area (Å²) < 4.78 is 22.6. The number of carbonyl (C=O) groups is 1. The molecule has 4 rings (SSSR count). The molecule has 3 aromatic rings. The number of rotatable bonds is 8. The Morgan fingerprint density at radius 3 is 2.37 bits per heavy atom. The van der Waals surface area contributed by atoms with Crippen LogP contribution in [-0.4, -0.2) is 65.4 Å². The first-order chi connectivity index (χ1) is 17.0. The fourth-order valence-electron chi connectivity index (χ4n) is 3.41. The number of benzene rings is 2. The van der Waals surface area contributed by atoms with E-state index in [0.29, 0.717) is 28.0 Å². The van der Waals surface area contributed by atoms with Crippen molar-refractivity contribution in [3.8, 4) is 34.4 Å². The summed E-state index contributed by atoms with van der Waals surface area (Å²) in [6.45, 7) is 1.94. The average Bonchev–Trinajstić information content (AvgIpc) is 3.31. The highest BCUT2D eigenvalue weighted by Gasteiger charge is 2.26. The van der Waals surface area contributed by atoms with Gasteiger partial charge in [0.15, 0.2) is 17.3 Å². The molecule has 0 radical (unpaired) electrons. The number of fused-ring (bicyclic) bond motifs is 1. The fraction of sp³-hybridized carbons (Fsp3) is 0.250. The van der Waals surface area contributed by atoms with Gasteiger partial charge in [-0.3, -0.25) is 0 Å². The van der Waals surface area contributed by atoms with Gasteiger partial charge in [-0.15, -0.1) is 10.2 Å². The molecule has 11 heteroatoms. The van der Waals surface area contributed by atoms with Gasteiger partial charge in [0.1, 0.15) is 5.75 Å². The first kappa shape index (κ1) is 24.1. The molecule has 0 saturated carbocycles. The molecular weight excluding hydrogens is 472 g/mol. The SMILES string of the molecule is CCOC(=O)/C(=C\c1cc(OC)c(O)c(OC)c1)C1=Nn2c(nnc2-c2ccc(OC)cc2)SC1. The Bertz CT molecular complexity index is 1270. The highest BCUT2D eigenvalue weighted by Crippen LogP contribution is 2.38. The van der Waals surface area contributed by atoms with Crippen molar-refractivity contribution in [3.05, 3.63) is 47.5 Å². The second-order valence-corrected chi connectivity index (χ2v) is 8.18. The van der Waals surface area contributed by atoms with Crippen molar-refractivity contribution in [1.29, 1.82) is 0 Å². The molecule has 0 aliphatic carbocycles. The van der Waals surface area contributed by atoms with Gasteiger partial charge in [-0.25, -0.2) is 4.79 Å². The van der Waals surface area contributed by atoms with Gasteiger partial charge in [-0.05, 0) is 55.0 Å². The van der Waals surface area contributed by atoms with Crippen LogP contribution in [0.5, 0.6) is 23.0 Å². The molecule has 0 unspecified atom stereocenters. The van der Waals surface area contributed by atoms with Gasteiger partial charge in [-0.1, -0.05) is 11.8 Å². The van der Waals surface area contributed by atoms with Gasteiger partial charge in [0.05, 0.1) is 39.2 Å². The van der Waals surface area contributed by atoms with E-state index in [2.05, 4.69) is 10.2 Å². The van der Waals surface area contributed by atoms with Crippen LogP contribution in [-0.2, 0) is 9.53 Å². The van der Waals surface area contributed by atoms with Crippen LogP contribution in [0.3, 0.4) is 0 Å². The van der Waals surface area contributed by atoms with Gasteiger partial charge >= 0.3 is 5.97 Å². The number of carbonyl (C=O) groups excluding carboxylic acids is 1. The summed E-state index contributed by atoms with van der Waals surface area (Å²) in [5.74, 6) is 1.40. The molecule has 2 heterocycles. The lowest BCUT2D eigenvalue weighted by Crippen LogP contribution is -2.21. The number of aromatic nitrogens is 3. The molecule has 0 amide bonds. The lowest BCUT2D eigenvalue weighted by Gasteiger charge is -2.16. The van der Waals surface area contributed by atoms with Crippen molar-refractivity contribution >= 4 is 29.5 Å². The van der Waals surface area contributed by atoms with Crippen LogP contribution in [0.1, 0.15) is 12.5 Å². The molecular formula is C24H24N4O6S. The molecule has 1 aliphatic rings. The van der Waals surface area contributed by atoms with E-state index < -0.39 is 5.97 Å². The Hall–Kier alpha value is -3.99. The van der Waals surface area contributed by atoms with E-state index in [1.54, 1.807) is 36.9 Å². The van der Waals surface area contributed by atoms with Crippen molar-refractivity contribution in [1.82, 2.24) is 14.9 Å². The van der Waals surface area contributed by atoms with Crippen LogP contribution in [0.2, 0.25) is 0 Å². The molecule has 1 aliphatic heterocycles. The molecule has 0 saturated heterocycles. The number of hydrogen-bond donors (Lipinski definition) is 1. The van der Waals surface area contributed by atoms with Crippen LogP contribution >= 0.6 is 11.8 Å². The smallest absolute Gasteiger partial charge is 0.340 e. The number of methoxy groups -OCH3 is 3. The number of aromatic hydroxyl groups is 1. The molecule has 1 N–H and O–H groups in total. The topological polar surface area (TPSA) is 117 Å². The summed E-state index contributed by atoms with van der Waals surface area (Å²) in [7, 11) is 4.47. The zero-order valence-electron chi connectivity index (χ0n) is 19.6. The van der Waals surface area contributed by atoms with Gasteiger partial charge in [0.2, 0.25) is 10.9 Å². The predicted molar refractivity (Wildman–Crippen MR) is 131 cm³/mol. The van der Waals surface area contributed by atoms with E-state index in [0.717, 1.165) is 11.3 Å². The number of phenolic OH excluding ortho intramolecular Hbond substituents is 1. The summed E-state index contributed by atoms with van der Waals surface area (Å²) in [5.41, 5.74) is 2.11. The van der Waals surface area contributed by atoms with E-state index in [1.807, 2.05) is 24.3 Å². The number of esters is 1. The second-order valence-electron chi connectivity index (χ2n) is 7.23. The van der Waals surface area contributed by atoms with Crippen LogP contribution in [0.4, 0.5) is 0 Å². The molecule has 10 nitrogen and oxygen atoms in total. The quantitative estimate of drug-likeness (QED) is 0.368. The highest BCUT2D eigenvalue weighted by atomic mass is 32.2. The third-order valence-electron chi connectivity index (χ3n) is 5.14. The van der Waals surface area contributed by atoms with Crippen molar-refractivity contribution < 1.29 is 28.8 Å². The number of nitrogens with zero attached hydrogens (tertiary/aromatic N) is 4. The molecule has 0 bridgehead atoms. The van der Waals surface area contributed by atoms with Crippen molar-refractivity contribution in [2.75, 3.05) is 33.7 Å². The zero-order valence-corrected chi connectivity index (χ0v) is 20.5. The maximum atomic E-state index is 13.0. The number of hydrogen-bond acceptors (Lipinski definition) is 10. The number of phenols is 1. The second kappa shape index (κ2) is 10.5. The Morgan fingerprint density at radius 1 is 1.09 bits per heavy atom. The van der Waals surface area contributed by atoms with Crippen molar-refractivity contribution in [3.63, 3.8) is 0 Å². The van der Waals surface area contributed by atoms with Gasteiger partial charge in [0, 0.05) is 11.3 Å². The zero-order chi connectivity index (χ0) is 24.9. The summed E-state index contributed by atoms with van der Waals surface area (Å²) in [4.78, 5) is 13.0. The summed E-state index contributed by atoms with van der Waals surface area (Å²) in [5, 5.41) is 24.1. The minimum absolute atomic E-state index is 0.131. The van der Waals surface area contributed by atoms with Gasteiger partial charge in [-0.2, -0.15) is 9.78 Å². The lowest BCUT2D eigenvalue weighted by atomic mass is 10.1. The Labute approximate surface area is 206 Å². The fourth-order valence-corrected chi connectivity index (χ4v) is 4.24. The maximum Gasteiger partial charge on any atom is 0.340 e. The first-order valence-corrected chi connectivity index (χ1v) is 11.6. The largest absolute Gasteiger partial charge is 0.502 e. The van der Waals surface area contributed by atoms with E-state index in [9.17, 15) is 9.90 Å². The molecule has 0 fully saturated rings. The summed E-state index contributed by atoms with van der Waals surface area (Å²) in [6.07, 6.45) is 1.63.